The van der Waals surface area contributed by atoms with E-state index >= 15 is 0 Å². The first-order valence-corrected chi connectivity index (χ1v) is 6.16. The first-order valence-electron chi connectivity index (χ1n) is 6.16. The molecule has 108 valence electrons. The average molecular weight is 286 g/mol. The second-order valence-corrected chi connectivity index (χ2v) is 4.06. The molecule has 1 N–H and O–H groups in total. The summed E-state index contributed by atoms with van der Waals surface area (Å²) in [5.74, 6) is -0.176. The smallest absolute Gasteiger partial charge is 0.341 e. The van der Waals surface area contributed by atoms with Crippen LogP contribution in [0.1, 0.15) is 11.3 Å². The molecule has 0 aliphatic carbocycles. The summed E-state index contributed by atoms with van der Waals surface area (Å²) in [6, 6.07) is 7.02. The summed E-state index contributed by atoms with van der Waals surface area (Å²) < 4.78 is 10.3. The number of carboxylic acids is 1. The minimum Gasteiger partial charge on any atom is -0.493 e. The van der Waals surface area contributed by atoms with Gasteiger partial charge in [-0.1, -0.05) is 12.1 Å². The number of benzene rings is 1. The monoisotopic (exact) mass is 286 g/mol. The van der Waals surface area contributed by atoms with E-state index in [0.717, 1.165) is 11.3 Å². The summed E-state index contributed by atoms with van der Waals surface area (Å²) in [5.41, 5.74) is 1.67. The van der Waals surface area contributed by atoms with E-state index in [4.69, 9.17) is 14.6 Å². The van der Waals surface area contributed by atoms with E-state index in [-0.39, 0.29) is 0 Å². The fourth-order valence-electron chi connectivity index (χ4n) is 1.63. The van der Waals surface area contributed by atoms with Crippen molar-refractivity contribution in [2.24, 2.45) is 0 Å². The van der Waals surface area contributed by atoms with Gasteiger partial charge in [-0.3, -0.25) is 0 Å². The molecule has 2 aromatic rings. The zero-order valence-electron chi connectivity index (χ0n) is 11.4. The van der Waals surface area contributed by atoms with Gasteiger partial charge in [0.25, 0.3) is 0 Å². The maximum absolute atomic E-state index is 10.5. The molecule has 0 aliphatic heterocycles. The summed E-state index contributed by atoms with van der Waals surface area (Å²) >= 11 is 0. The lowest BCUT2D eigenvalue weighted by molar-refractivity contribution is -0.139. The van der Waals surface area contributed by atoms with Crippen LogP contribution in [0.25, 0.3) is 12.2 Å². The van der Waals surface area contributed by atoms with Gasteiger partial charge in [0.1, 0.15) is 6.33 Å². The molecule has 0 spiro atoms. The van der Waals surface area contributed by atoms with Gasteiger partial charge in [0.2, 0.25) is 0 Å². The highest BCUT2D eigenvalue weighted by atomic mass is 16.5. The van der Waals surface area contributed by atoms with E-state index in [1.54, 1.807) is 30.5 Å². The highest BCUT2D eigenvalue weighted by Gasteiger charge is 2.06. The zero-order valence-corrected chi connectivity index (χ0v) is 11.4. The molecule has 0 saturated heterocycles. The predicted molar refractivity (Wildman–Crippen MR) is 77.1 cm³/mol. The van der Waals surface area contributed by atoms with Crippen LogP contribution >= 0.6 is 0 Å². The van der Waals surface area contributed by atoms with Crippen LogP contribution in [-0.4, -0.2) is 34.8 Å². The third kappa shape index (κ3) is 4.31. The third-order valence-electron chi connectivity index (χ3n) is 2.59. The normalized spacial score (nSPS) is 10.5. The molecule has 2 rings (SSSR count). The molecule has 0 atom stereocenters. The van der Waals surface area contributed by atoms with Crippen LogP contribution in [0.5, 0.6) is 11.5 Å². The van der Waals surface area contributed by atoms with Crippen molar-refractivity contribution in [1.82, 2.24) is 9.97 Å². The summed E-state index contributed by atoms with van der Waals surface area (Å²) in [4.78, 5) is 18.4. The minimum atomic E-state index is -1.04. The van der Waals surface area contributed by atoms with Crippen LogP contribution in [-0.2, 0) is 4.79 Å². The van der Waals surface area contributed by atoms with Gasteiger partial charge in [-0.05, 0) is 29.8 Å². The first-order chi connectivity index (χ1) is 10.2. The lowest BCUT2D eigenvalue weighted by atomic mass is 10.1. The number of nitrogens with zero attached hydrogens (tertiary/aromatic N) is 2. The minimum absolute atomic E-state index is 0.388. The van der Waals surface area contributed by atoms with Crippen LogP contribution in [0, 0.1) is 0 Å². The molecule has 21 heavy (non-hydrogen) atoms. The van der Waals surface area contributed by atoms with Crippen molar-refractivity contribution in [2.75, 3.05) is 13.7 Å². The van der Waals surface area contributed by atoms with Crippen LogP contribution in [0.15, 0.2) is 36.8 Å². The summed E-state index contributed by atoms with van der Waals surface area (Å²) in [7, 11) is 1.50. The van der Waals surface area contributed by atoms with Gasteiger partial charge in [-0.2, -0.15) is 0 Å². The Morgan fingerprint density at radius 1 is 1.29 bits per heavy atom. The van der Waals surface area contributed by atoms with Gasteiger partial charge in [0.05, 0.1) is 12.8 Å². The summed E-state index contributed by atoms with van der Waals surface area (Å²) in [6.07, 6.45) is 6.85. The number of aromatic nitrogens is 2. The van der Waals surface area contributed by atoms with Crippen molar-refractivity contribution in [3.63, 3.8) is 0 Å². The Balaban J connectivity index is 2.15. The van der Waals surface area contributed by atoms with Crippen molar-refractivity contribution in [3.05, 3.63) is 48.0 Å². The van der Waals surface area contributed by atoms with E-state index in [2.05, 4.69) is 9.97 Å². The number of hydrogen-bond acceptors (Lipinski definition) is 5. The van der Waals surface area contributed by atoms with E-state index in [1.807, 2.05) is 12.2 Å². The van der Waals surface area contributed by atoms with E-state index < -0.39 is 12.6 Å². The van der Waals surface area contributed by atoms with E-state index in [0.29, 0.717) is 11.5 Å². The van der Waals surface area contributed by atoms with Crippen molar-refractivity contribution in [2.45, 2.75) is 0 Å². The highest BCUT2D eigenvalue weighted by Crippen LogP contribution is 2.28. The quantitative estimate of drug-likeness (QED) is 0.876. The Hall–Kier alpha value is -2.89. The Labute approximate surface area is 121 Å². The van der Waals surface area contributed by atoms with Crippen LogP contribution in [0.4, 0.5) is 0 Å². The number of methoxy groups -OCH3 is 1. The second-order valence-electron chi connectivity index (χ2n) is 4.06. The lowest BCUT2D eigenvalue weighted by Gasteiger charge is -2.09. The summed E-state index contributed by atoms with van der Waals surface area (Å²) in [6.45, 7) is -0.410. The predicted octanol–water partition coefficient (Wildman–Crippen LogP) is 2.12. The molecule has 6 heteroatoms. The molecular weight excluding hydrogens is 272 g/mol. The van der Waals surface area contributed by atoms with Crippen molar-refractivity contribution in [3.8, 4) is 11.5 Å². The Kier molecular flexibility index (Phi) is 4.87. The van der Waals surface area contributed by atoms with Gasteiger partial charge >= 0.3 is 5.97 Å². The standard InChI is InChI=1S/C15H14N2O4/c1-20-14-8-11(2-4-12-6-7-16-10-17-12)3-5-13(14)21-9-15(18)19/h2-8,10H,9H2,1H3,(H,18,19). The lowest BCUT2D eigenvalue weighted by Crippen LogP contribution is -2.10. The molecule has 0 radical (unpaired) electrons. The highest BCUT2D eigenvalue weighted by molar-refractivity contribution is 5.70. The van der Waals surface area contributed by atoms with Gasteiger partial charge in [0.15, 0.2) is 18.1 Å². The van der Waals surface area contributed by atoms with Crippen LogP contribution in [0.3, 0.4) is 0 Å². The Morgan fingerprint density at radius 3 is 2.81 bits per heavy atom. The number of carbonyl (C=O) groups is 1. The molecule has 6 nitrogen and oxygen atoms in total. The van der Waals surface area contributed by atoms with E-state index in [9.17, 15) is 4.79 Å². The van der Waals surface area contributed by atoms with Gasteiger partial charge in [-0.15, -0.1) is 0 Å². The number of ether oxygens (including phenoxy) is 2. The van der Waals surface area contributed by atoms with Crippen LogP contribution in [0.2, 0.25) is 0 Å². The molecule has 1 aromatic carbocycles. The maximum atomic E-state index is 10.5. The van der Waals surface area contributed by atoms with Gasteiger partial charge in [-0.25, -0.2) is 14.8 Å². The van der Waals surface area contributed by atoms with Crippen molar-refractivity contribution >= 4 is 18.1 Å². The molecule has 0 aliphatic rings. The molecule has 1 aromatic heterocycles. The number of rotatable bonds is 6. The fourth-order valence-corrected chi connectivity index (χ4v) is 1.63. The first kappa shape index (κ1) is 14.5. The van der Waals surface area contributed by atoms with Gasteiger partial charge < -0.3 is 14.6 Å². The fraction of sp³-hybridized carbons (Fsp3) is 0.133. The SMILES string of the molecule is COc1cc(C=Cc2ccncn2)ccc1OCC(=O)O. The Bertz CT molecular complexity index is 641. The molecule has 0 fully saturated rings. The molecule has 1 heterocycles. The maximum Gasteiger partial charge on any atom is 0.341 e. The molecule has 0 bridgehead atoms. The van der Waals surface area contributed by atoms with Crippen molar-refractivity contribution < 1.29 is 19.4 Å². The molecule has 0 unspecified atom stereocenters. The summed E-state index contributed by atoms with van der Waals surface area (Å²) in [5, 5.41) is 8.61. The molecule has 0 amide bonds. The van der Waals surface area contributed by atoms with Crippen LogP contribution < -0.4 is 9.47 Å². The van der Waals surface area contributed by atoms with Crippen molar-refractivity contribution in [1.29, 1.82) is 0 Å². The zero-order chi connectivity index (χ0) is 15.1. The largest absolute Gasteiger partial charge is 0.493 e. The van der Waals surface area contributed by atoms with Gasteiger partial charge in [0, 0.05) is 6.20 Å². The number of aliphatic carboxylic acids is 1. The number of hydrogen-bond donors (Lipinski definition) is 1. The second kappa shape index (κ2) is 7.04. The topological polar surface area (TPSA) is 81.5 Å². The Morgan fingerprint density at radius 2 is 2.14 bits per heavy atom. The third-order valence-corrected chi connectivity index (χ3v) is 2.59. The van der Waals surface area contributed by atoms with E-state index in [1.165, 1.54) is 13.4 Å². The average Bonchev–Trinajstić information content (AvgIpc) is 2.52. The number of carboxylic acid groups (broad SMARTS) is 1. The molecular formula is C15H14N2O4. The molecule has 0 saturated carbocycles.